The number of alkyl halides is 2. The SMILES string of the molecule is CC(=O)c1c(OC(F)F)c(C2CC2)nn1CC1CCOCC1. The number of carbonyl (C=O) groups excluding carboxylic acids is 1. The average Bonchev–Trinajstić information content (AvgIpc) is 3.24. The molecule has 5 nitrogen and oxygen atoms in total. The van der Waals surface area contributed by atoms with E-state index in [9.17, 15) is 13.6 Å². The molecule has 1 saturated carbocycles. The van der Waals surface area contributed by atoms with Crippen molar-refractivity contribution in [1.29, 1.82) is 0 Å². The summed E-state index contributed by atoms with van der Waals surface area (Å²) in [6.07, 6.45) is 3.60. The zero-order chi connectivity index (χ0) is 15.7. The molecule has 122 valence electrons. The van der Waals surface area contributed by atoms with Crippen molar-refractivity contribution in [3.05, 3.63) is 11.4 Å². The summed E-state index contributed by atoms with van der Waals surface area (Å²) in [7, 11) is 0. The van der Waals surface area contributed by atoms with Crippen LogP contribution in [0.2, 0.25) is 0 Å². The maximum Gasteiger partial charge on any atom is 0.387 e. The Kier molecular flexibility index (Phi) is 4.42. The minimum absolute atomic E-state index is 0.0166. The van der Waals surface area contributed by atoms with Gasteiger partial charge in [-0.3, -0.25) is 9.48 Å². The van der Waals surface area contributed by atoms with Gasteiger partial charge >= 0.3 is 6.61 Å². The Bertz CT molecular complexity index is 549. The van der Waals surface area contributed by atoms with Gasteiger partial charge in [-0.25, -0.2) is 0 Å². The van der Waals surface area contributed by atoms with Gasteiger partial charge in [0.25, 0.3) is 0 Å². The summed E-state index contributed by atoms with van der Waals surface area (Å²) >= 11 is 0. The summed E-state index contributed by atoms with van der Waals surface area (Å²) in [6.45, 7) is 0.349. The van der Waals surface area contributed by atoms with E-state index in [4.69, 9.17) is 4.74 Å². The normalized spacial score (nSPS) is 19.6. The minimum Gasteiger partial charge on any atom is -0.430 e. The van der Waals surface area contributed by atoms with Gasteiger partial charge in [0, 0.05) is 32.6 Å². The van der Waals surface area contributed by atoms with Crippen LogP contribution in [-0.2, 0) is 11.3 Å². The molecule has 0 aromatic carbocycles. The molecule has 2 heterocycles. The lowest BCUT2D eigenvalue weighted by molar-refractivity contribution is -0.0508. The Morgan fingerprint density at radius 1 is 1.36 bits per heavy atom. The van der Waals surface area contributed by atoms with E-state index in [1.165, 1.54) is 6.92 Å². The Morgan fingerprint density at radius 3 is 2.59 bits per heavy atom. The number of ether oxygens (including phenoxy) is 2. The first-order chi connectivity index (χ1) is 10.6. The largest absolute Gasteiger partial charge is 0.430 e. The summed E-state index contributed by atoms with van der Waals surface area (Å²) in [6, 6.07) is 0. The van der Waals surface area contributed by atoms with Crippen LogP contribution in [0.15, 0.2) is 0 Å². The Morgan fingerprint density at radius 2 is 2.05 bits per heavy atom. The Balaban J connectivity index is 1.91. The number of halogens is 2. The number of rotatable bonds is 6. The highest BCUT2D eigenvalue weighted by Gasteiger charge is 2.35. The van der Waals surface area contributed by atoms with E-state index < -0.39 is 6.61 Å². The molecule has 1 saturated heterocycles. The molecular formula is C15H20F2N2O3. The summed E-state index contributed by atoms with van der Waals surface area (Å²) in [4.78, 5) is 12.0. The first kappa shape index (κ1) is 15.4. The molecule has 0 bridgehead atoms. The van der Waals surface area contributed by atoms with E-state index in [1.54, 1.807) is 4.68 Å². The van der Waals surface area contributed by atoms with Gasteiger partial charge in [-0.05, 0) is 31.6 Å². The van der Waals surface area contributed by atoms with Crippen molar-refractivity contribution in [2.75, 3.05) is 13.2 Å². The van der Waals surface area contributed by atoms with Crippen LogP contribution in [0.1, 0.15) is 54.7 Å². The van der Waals surface area contributed by atoms with Crippen LogP contribution in [0.25, 0.3) is 0 Å². The molecule has 3 rings (SSSR count). The van der Waals surface area contributed by atoms with Gasteiger partial charge in [-0.1, -0.05) is 0 Å². The monoisotopic (exact) mass is 314 g/mol. The molecule has 0 amide bonds. The van der Waals surface area contributed by atoms with Crippen molar-refractivity contribution in [2.45, 2.75) is 51.7 Å². The molecule has 0 N–H and O–H groups in total. The van der Waals surface area contributed by atoms with Gasteiger partial charge in [0.15, 0.2) is 11.5 Å². The number of carbonyl (C=O) groups is 1. The molecule has 2 aliphatic rings. The molecule has 0 spiro atoms. The van der Waals surface area contributed by atoms with Crippen molar-refractivity contribution < 1.29 is 23.0 Å². The Labute approximate surface area is 127 Å². The zero-order valence-electron chi connectivity index (χ0n) is 12.6. The zero-order valence-corrected chi connectivity index (χ0v) is 12.6. The smallest absolute Gasteiger partial charge is 0.387 e. The second-order valence-corrected chi connectivity index (χ2v) is 6.01. The third-order valence-electron chi connectivity index (χ3n) is 4.21. The first-order valence-corrected chi connectivity index (χ1v) is 7.70. The van der Waals surface area contributed by atoms with Crippen molar-refractivity contribution in [3.8, 4) is 5.75 Å². The number of hydrogen-bond acceptors (Lipinski definition) is 4. The van der Waals surface area contributed by atoms with Crippen LogP contribution in [0.4, 0.5) is 8.78 Å². The van der Waals surface area contributed by atoms with Crippen LogP contribution in [0.5, 0.6) is 5.75 Å². The van der Waals surface area contributed by atoms with Gasteiger partial charge < -0.3 is 9.47 Å². The van der Waals surface area contributed by atoms with Gasteiger partial charge in [0.05, 0.1) is 0 Å². The lowest BCUT2D eigenvalue weighted by Gasteiger charge is -2.22. The van der Waals surface area contributed by atoms with Gasteiger partial charge in [0.1, 0.15) is 11.4 Å². The predicted molar refractivity (Wildman–Crippen MR) is 74.4 cm³/mol. The van der Waals surface area contributed by atoms with Crippen LogP contribution >= 0.6 is 0 Å². The van der Waals surface area contributed by atoms with Crippen molar-refractivity contribution >= 4 is 5.78 Å². The van der Waals surface area contributed by atoms with Gasteiger partial charge in [-0.2, -0.15) is 13.9 Å². The van der Waals surface area contributed by atoms with E-state index in [0.717, 1.165) is 25.7 Å². The molecule has 1 aromatic heterocycles. The van der Waals surface area contributed by atoms with E-state index >= 15 is 0 Å². The van der Waals surface area contributed by atoms with Crippen molar-refractivity contribution in [2.24, 2.45) is 5.92 Å². The average molecular weight is 314 g/mol. The third kappa shape index (κ3) is 3.29. The second kappa shape index (κ2) is 6.32. The lowest BCUT2D eigenvalue weighted by atomic mass is 10.0. The van der Waals surface area contributed by atoms with E-state index in [1.807, 2.05) is 0 Å². The number of ketones is 1. The molecule has 0 radical (unpaired) electrons. The number of hydrogen-bond donors (Lipinski definition) is 0. The van der Waals surface area contributed by atoms with Crippen LogP contribution in [0.3, 0.4) is 0 Å². The van der Waals surface area contributed by atoms with E-state index in [-0.39, 0.29) is 23.1 Å². The van der Waals surface area contributed by atoms with Crippen molar-refractivity contribution in [1.82, 2.24) is 9.78 Å². The summed E-state index contributed by atoms with van der Waals surface area (Å²) < 4.78 is 37.0. The summed E-state index contributed by atoms with van der Waals surface area (Å²) in [5.41, 5.74) is 0.686. The topological polar surface area (TPSA) is 53.3 Å². The highest BCUT2D eigenvalue weighted by Crippen LogP contribution is 2.45. The quantitative estimate of drug-likeness (QED) is 0.758. The van der Waals surface area contributed by atoms with Crippen LogP contribution in [-0.4, -0.2) is 35.4 Å². The van der Waals surface area contributed by atoms with Gasteiger partial charge in [0.2, 0.25) is 0 Å². The molecular weight excluding hydrogens is 294 g/mol. The molecule has 2 fully saturated rings. The van der Waals surface area contributed by atoms with E-state index in [2.05, 4.69) is 9.84 Å². The molecule has 0 unspecified atom stereocenters. The summed E-state index contributed by atoms with van der Waals surface area (Å²) in [5.74, 6) is 0.181. The predicted octanol–water partition coefficient (Wildman–Crippen LogP) is 2.99. The summed E-state index contributed by atoms with van der Waals surface area (Å²) in [5, 5.41) is 4.44. The highest BCUT2D eigenvalue weighted by atomic mass is 19.3. The molecule has 22 heavy (non-hydrogen) atoms. The fraction of sp³-hybridized carbons (Fsp3) is 0.733. The van der Waals surface area contributed by atoms with Crippen molar-refractivity contribution in [3.63, 3.8) is 0 Å². The number of aromatic nitrogens is 2. The molecule has 1 aromatic rings. The molecule has 1 aliphatic carbocycles. The van der Waals surface area contributed by atoms with Crippen LogP contribution in [0, 0.1) is 5.92 Å². The number of nitrogens with zero attached hydrogens (tertiary/aromatic N) is 2. The lowest BCUT2D eigenvalue weighted by Crippen LogP contribution is -2.22. The maximum absolute atomic E-state index is 12.7. The van der Waals surface area contributed by atoms with Gasteiger partial charge in [-0.15, -0.1) is 0 Å². The minimum atomic E-state index is -2.95. The highest BCUT2D eigenvalue weighted by molar-refractivity contribution is 5.95. The maximum atomic E-state index is 12.7. The fourth-order valence-electron chi connectivity index (χ4n) is 2.94. The molecule has 0 atom stereocenters. The number of Topliss-reactive ketones (excluding diaryl/α,β-unsaturated/α-hetero) is 1. The fourth-order valence-corrected chi connectivity index (χ4v) is 2.94. The molecule has 1 aliphatic heterocycles. The standard InChI is InChI=1S/C15H20F2N2O3/c1-9(20)13-14(22-15(16)17)12(11-2-3-11)18-19(13)8-10-4-6-21-7-5-10/h10-11,15H,2-8H2,1H3. The van der Waals surface area contributed by atoms with E-state index in [0.29, 0.717) is 31.4 Å². The third-order valence-corrected chi connectivity index (χ3v) is 4.21. The Hall–Kier alpha value is -1.50. The van der Waals surface area contributed by atoms with Crippen LogP contribution < -0.4 is 4.74 Å². The second-order valence-electron chi connectivity index (χ2n) is 6.01. The first-order valence-electron chi connectivity index (χ1n) is 7.70. The molecule has 7 heteroatoms.